The average Bonchev–Trinajstić information content (AvgIpc) is 3.64. The highest BCUT2D eigenvalue weighted by atomic mass is 16.5. The maximum atomic E-state index is 6.12. The Balaban J connectivity index is 0.977. The first-order valence-corrected chi connectivity index (χ1v) is 27.2. The highest BCUT2D eigenvalue weighted by Gasteiger charge is 2.39. The lowest BCUT2D eigenvalue weighted by Crippen LogP contribution is -2.20. The third-order valence-corrected chi connectivity index (χ3v) is 14.5. The Labute approximate surface area is 417 Å². The van der Waals surface area contributed by atoms with Crippen LogP contribution >= 0.6 is 0 Å². The number of unbranched alkanes of at least 4 members (excludes halogenated alkanes) is 15. The van der Waals surface area contributed by atoms with Gasteiger partial charge in [-0.2, -0.15) is 0 Å². The first-order chi connectivity index (χ1) is 34.0. The predicted molar refractivity (Wildman–Crippen MR) is 296 cm³/mol. The van der Waals surface area contributed by atoms with Crippen molar-refractivity contribution in [3.8, 4) is 67.1 Å². The fraction of sp³-hybridized carbons (Fsp3) is 0.424. The van der Waals surface area contributed by atoms with E-state index in [4.69, 9.17) is 14.2 Å². The molecule has 364 valence electrons. The van der Waals surface area contributed by atoms with Gasteiger partial charge in [0.05, 0.1) is 26.1 Å². The van der Waals surface area contributed by atoms with E-state index in [1.165, 1.54) is 163 Å². The van der Waals surface area contributed by atoms with Crippen molar-refractivity contribution in [2.24, 2.45) is 0 Å². The molecular formula is C66H82O3. The molecule has 0 N–H and O–H groups in total. The minimum atomic E-state index is -0.0642. The van der Waals surface area contributed by atoms with E-state index in [1.54, 1.807) is 0 Å². The third-order valence-electron chi connectivity index (χ3n) is 14.5. The molecule has 0 spiro atoms. The molecule has 1 aliphatic rings. The van der Waals surface area contributed by atoms with E-state index in [0.29, 0.717) is 0 Å². The first-order valence-electron chi connectivity index (χ1n) is 27.2. The lowest BCUT2D eigenvalue weighted by Gasteiger charge is -2.28. The normalized spacial score (nSPS) is 14.0. The van der Waals surface area contributed by atoms with Crippen LogP contribution in [0.15, 0.2) is 146 Å². The number of rotatable bonds is 31. The van der Waals surface area contributed by atoms with Gasteiger partial charge in [0.25, 0.3) is 0 Å². The number of fused-ring (bicyclic) bond motifs is 3. The van der Waals surface area contributed by atoms with Crippen LogP contribution in [0.1, 0.15) is 167 Å². The summed E-state index contributed by atoms with van der Waals surface area (Å²) in [5.74, 6) is 1.91. The molecule has 0 heterocycles. The van der Waals surface area contributed by atoms with Gasteiger partial charge in [0.15, 0.2) is 0 Å². The summed E-state index contributed by atoms with van der Waals surface area (Å²) in [6, 6.07) is 50.0. The quantitative estimate of drug-likeness (QED) is 0.0321. The van der Waals surface area contributed by atoms with Gasteiger partial charge in [-0.05, 0) is 135 Å². The van der Waals surface area contributed by atoms with Crippen molar-refractivity contribution in [2.45, 2.75) is 162 Å². The van der Waals surface area contributed by atoms with Crippen LogP contribution in [-0.4, -0.2) is 19.8 Å². The van der Waals surface area contributed by atoms with Gasteiger partial charge in [0.1, 0.15) is 11.5 Å². The molecule has 0 aromatic heterocycles. The lowest BCUT2D eigenvalue weighted by molar-refractivity contribution is 0.239. The molecular weight excluding hydrogens is 841 g/mol. The van der Waals surface area contributed by atoms with E-state index in [2.05, 4.69) is 167 Å². The van der Waals surface area contributed by atoms with Crippen LogP contribution in [0.25, 0.3) is 55.6 Å². The SMILES string of the molecule is CCC=COCCCCCCCCOc1ccc(-c2ccc(-c3ccc4c(c3)C(C)(CCCCCCCC)c3cc(-c5ccc(-c6ccc(OCCCCCCCC)cc6)cc5)ccc3-4)cc2)cc1. The Morgan fingerprint density at radius 3 is 1.10 bits per heavy atom. The minimum absolute atomic E-state index is 0.0642. The molecule has 0 saturated carbocycles. The lowest BCUT2D eigenvalue weighted by atomic mass is 9.75. The fourth-order valence-corrected chi connectivity index (χ4v) is 10.2. The highest BCUT2D eigenvalue weighted by Crippen LogP contribution is 2.53. The van der Waals surface area contributed by atoms with Crippen LogP contribution in [-0.2, 0) is 10.2 Å². The van der Waals surface area contributed by atoms with Gasteiger partial charge in [-0.25, -0.2) is 0 Å². The number of hydrogen-bond donors (Lipinski definition) is 0. The Morgan fingerprint density at radius 1 is 0.362 bits per heavy atom. The summed E-state index contributed by atoms with van der Waals surface area (Å²) in [4.78, 5) is 0. The summed E-state index contributed by atoms with van der Waals surface area (Å²) >= 11 is 0. The first kappa shape index (κ1) is 51.3. The summed E-state index contributed by atoms with van der Waals surface area (Å²) in [5.41, 5.74) is 15.6. The molecule has 0 saturated heterocycles. The molecule has 6 aromatic rings. The second-order valence-corrected chi connectivity index (χ2v) is 19.8. The largest absolute Gasteiger partial charge is 0.502 e. The van der Waals surface area contributed by atoms with Crippen molar-refractivity contribution in [1.82, 2.24) is 0 Å². The number of hydrogen-bond acceptors (Lipinski definition) is 3. The number of allylic oxidation sites excluding steroid dienone is 1. The molecule has 0 aliphatic heterocycles. The molecule has 69 heavy (non-hydrogen) atoms. The molecule has 0 amide bonds. The highest BCUT2D eigenvalue weighted by molar-refractivity contribution is 5.86. The van der Waals surface area contributed by atoms with Crippen molar-refractivity contribution < 1.29 is 14.2 Å². The van der Waals surface area contributed by atoms with Crippen molar-refractivity contribution in [3.05, 3.63) is 157 Å². The maximum absolute atomic E-state index is 6.12. The van der Waals surface area contributed by atoms with Crippen LogP contribution in [0.3, 0.4) is 0 Å². The van der Waals surface area contributed by atoms with Gasteiger partial charge in [-0.1, -0.05) is 227 Å². The topological polar surface area (TPSA) is 27.7 Å². The number of ether oxygens (including phenoxy) is 3. The van der Waals surface area contributed by atoms with Crippen LogP contribution in [0, 0.1) is 0 Å². The zero-order valence-corrected chi connectivity index (χ0v) is 42.8. The Morgan fingerprint density at radius 2 is 0.696 bits per heavy atom. The van der Waals surface area contributed by atoms with E-state index in [0.717, 1.165) is 63.4 Å². The van der Waals surface area contributed by atoms with E-state index < -0.39 is 0 Å². The summed E-state index contributed by atoms with van der Waals surface area (Å²) in [7, 11) is 0. The molecule has 6 aromatic carbocycles. The van der Waals surface area contributed by atoms with Crippen molar-refractivity contribution in [2.75, 3.05) is 19.8 Å². The third kappa shape index (κ3) is 14.7. The summed E-state index contributed by atoms with van der Waals surface area (Å²) in [5, 5.41) is 0. The zero-order valence-electron chi connectivity index (χ0n) is 42.8. The number of benzene rings is 6. The standard InChI is InChI=1S/C66H82O3/c1-5-8-11-13-17-21-45-66(4)64-50-58(56-29-25-52(26-30-56)54-33-39-60(40-34-54)68-48-23-19-14-12-9-6-2)37-43-62(64)63-44-38-59(51-65(63)66)57-31-27-53(28-32-57)55-35-41-61(42-36-55)69-49-24-20-16-15-18-22-47-67-46-10-7-3/h10,25-44,46,50-51H,5-9,11-24,45,47-49H2,1-4H3. The molecule has 0 radical (unpaired) electrons. The van der Waals surface area contributed by atoms with Crippen molar-refractivity contribution in [3.63, 3.8) is 0 Å². The van der Waals surface area contributed by atoms with Gasteiger partial charge in [0.2, 0.25) is 0 Å². The zero-order chi connectivity index (χ0) is 47.9. The van der Waals surface area contributed by atoms with E-state index >= 15 is 0 Å². The molecule has 3 heteroatoms. The van der Waals surface area contributed by atoms with E-state index in [9.17, 15) is 0 Å². The summed E-state index contributed by atoms with van der Waals surface area (Å²) in [6.07, 6.45) is 28.7. The van der Waals surface area contributed by atoms with Crippen LogP contribution < -0.4 is 9.47 Å². The van der Waals surface area contributed by atoms with E-state index in [-0.39, 0.29) is 5.41 Å². The van der Waals surface area contributed by atoms with Crippen LogP contribution in [0.4, 0.5) is 0 Å². The van der Waals surface area contributed by atoms with Crippen molar-refractivity contribution >= 4 is 0 Å². The fourth-order valence-electron chi connectivity index (χ4n) is 10.2. The van der Waals surface area contributed by atoms with Gasteiger partial charge in [-0.15, -0.1) is 0 Å². The Hall–Kier alpha value is -5.54. The summed E-state index contributed by atoms with van der Waals surface area (Å²) < 4.78 is 17.7. The summed E-state index contributed by atoms with van der Waals surface area (Å²) in [6.45, 7) is 11.6. The van der Waals surface area contributed by atoms with Gasteiger partial charge in [-0.3, -0.25) is 0 Å². The second kappa shape index (κ2) is 27.6. The van der Waals surface area contributed by atoms with Gasteiger partial charge >= 0.3 is 0 Å². The predicted octanol–water partition coefficient (Wildman–Crippen LogP) is 19.8. The Bertz CT molecular complexity index is 2430. The van der Waals surface area contributed by atoms with Crippen LogP contribution in [0.5, 0.6) is 11.5 Å². The second-order valence-electron chi connectivity index (χ2n) is 19.8. The molecule has 3 nitrogen and oxygen atoms in total. The Kier molecular flexibility index (Phi) is 20.5. The van der Waals surface area contributed by atoms with E-state index in [1.807, 2.05) is 6.26 Å². The van der Waals surface area contributed by atoms with Gasteiger partial charge in [0, 0.05) is 5.41 Å². The molecule has 1 atom stereocenters. The molecule has 0 bridgehead atoms. The molecule has 1 aliphatic carbocycles. The van der Waals surface area contributed by atoms with Crippen molar-refractivity contribution in [1.29, 1.82) is 0 Å². The minimum Gasteiger partial charge on any atom is -0.502 e. The molecule has 7 rings (SSSR count). The monoisotopic (exact) mass is 923 g/mol. The smallest absolute Gasteiger partial charge is 0.119 e. The van der Waals surface area contributed by atoms with Crippen LogP contribution in [0.2, 0.25) is 0 Å². The molecule has 0 fully saturated rings. The maximum Gasteiger partial charge on any atom is 0.119 e. The molecule has 1 unspecified atom stereocenters. The van der Waals surface area contributed by atoms with Gasteiger partial charge < -0.3 is 14.2 Å². The average molecular weight is 923 g/mol.